The topological polar surface area (TPSA) is 75.4 Å². The number of hydrogen-bond acceptors (Lipinski definition) is 4. The van der Waals surface area contributed by atoms with Gasteiger partial charge in [-0.15, -0.1) is 0 Å². The molecule has 0 fully saturated rings. The Morgan fingerprint density at radius 1 is 1.10 bits per heavy atom. The quantitative estimate of drug-likeness (QED) is 0.636. The SMILES string of the molecule is CN(C)CCCCNS(=O)(=O)c1ccc(CCCN)cc1. The molecule has 1 aromatic rings. The Balaban J connectivity index is 2.46. The van der Waals surface area contributed by atoms with Gasteiger partial charge in [-0.25, -0.2) is 13.1 Å². The summed E-state index contributed by atoms with van der Waals surface area (Å²) in [4.78, 5) is 2.42. The van der Waals surface area contributed by atoms with E-state index in [1.165, 1.54) is 0 Å². The summed E-state index contributed by atoms with van der Waals surface area (Å²) in [5.41, 5.74) is 6.58. The number of nitrogens with one attached hydrogen (secondary N) is 1. The number of hydrogen-bond donors (Lipinski definition) is 2. The minimum Gasteiger partial charge on any atom is -0.330 e. The predicted molar refractivity (Wildman–Crippen MR) is 86.8 cm³/mol. The summed E-state index contributed by atoms with van der Waals surface area (Å²) in [6.45, 7) is 2.09. The Bertz CT molecular complexity index is 498. The van der Waals surface area contributed by atoms with Gasteiger partial charge in [0, 0.05) is 6.54 Å². The Hall–Kier alpha value is -0.950. The molecule has 0 saturated carbocycles. The van der Waals surface area contributed by atoms with Crippen LogP contribution in [-0.4, -0.2) is 47.0 Å². The largest absolute Gasteiger partial charge is 0.330 e. The summed E-state index contributed by atoms with van der Waals surface area (Å²) in [5, 5.41) is 0. The summed E-state index contributed by atoms with van der Waals surface area (Å²) in [6.07, 6.45) is 3.62. The van der Waals surface area contributed by atoms with Gasteiger partial charge >= 0.3 is 0 Å². The summed E-state index contributed by atoms with van der Waals surface area (Å²) in [6, 6.07) is 7.04. The van der Waals surface area contributed by atoms with Gasteiger partial charge in [0.2, 0.25) is 10.0 Å². The summed E-state index contributed by atoms with van der Waals surface area (Å²) in [7, 11) is 0.634. The highest BCUT2D eigenvalue weighted by molar-refractivity contribution is 7.89. The van der Waals surface area contributed by atoms with Crippen molar-refractivity contribution in [3.8, 4) is 0 Å². The molecule has 120 valence electrons. The van der Waals surface area contributed by atoms with Gasteiger partial charge < -0.3 is 10.6 Å². The number of rotatable bonds is 10. The van der Waals surface area contributed by atoms with Gasteiger partial charge in [-0.05, 0) is 70.6 Å². The highest BCUT2D eigenvalue weighted by atomic mass is 32.2. The molecular formula is C15H27N3O2S. The number of sulfonamides is 1. The van der Waals surface area contributed by atoms with E-state index in [-0.39, 0.29) is 0 Å². The fraction of sp³-hybridized carbons (Fsp3) is 0.600. The number of nitrogens with two attached hydrogens (primary N) is 1. The third-order valence-electron chi connectivity index (χ3n) is 3.23. The van der Waals surface area contributed by atoms with E-state index in [9.17, 15) is 8.42 Å². The molecule has 0 aliphatic carbocycles. The molecule has 0 radical (unpaired) electrons. The van der Waals surface area contributed by atoms with E-state index < -0.39 is 10.0 Å². The lowest BCUT2D eigenvalue weighted by atomic mass is 10.1. The summed E-state index contributed by atoms with van der Waals surface area (Å²) in [5.74, 6) is 0. The average Bonchev–Trinajstić information content (AvgIpc) is 2.44. The first-order valence-corrected chi connectivity index (χ1v) is 8.87. The van der Waals surface area contributed by atoms with Crippen molar-refractivity contribution in [2.45, 2.75) is 30.6 Å². The maximum Gasteiger partial charge on any atom is 0.240 e. The van der Waals surface area contributed by atoms with Crippen molar-refractivity contribution in [1.29, 1.82) is 0 Å². The number of unbranched alkanes of at least 4 members (excludes halogenated alkanes) is 1. The van der Waals surface area contributed by atoms with Gasteiger partial charge in [0.1, 0.15) is 0 Å². The maximum atomic E-state index is 12.1. The molecule has 0 aromatic heterocycles. The number of benzene rings is 1. The van der Waals surface area contributed by atoms with Crippen molar-refractivity contribution in [3.05, 3.63) is 29.8 Å². The zero-order valence-electron chi connectivity index (χ0n) is 13.0. The van der Waals surface area contributed by atoms with Crippen molar-refractivity contribution >= 4 is 10.0 Å². The van der Waals surface area contributed by atoms with E-state index in [1.807, 2.05) is 26.2 Å². The molecule has 5 nitrogen and oxygen atoms in total. The second kappa shape index (κ2) is 9.15. The van der Waals surface area contributed by atoms with Crippen LogP contribution in [0.15, 0.2) is 29.2 Å². The Morgan fingerprint density at radius 3 is 2.33 bits per heavy atom. The molecule has 0 amide bonds. The second-order valence-electron chi connectivity index (χ2n) is 5.44. The van der Waals surface area contributed by atoms with Crippen LogP contribution in [0.4, 0.5) is 0 Å². The first-order valence-electron chi connectivity index (χ1n) is 7.39. The van der Waals surface area contributed by atoms with Gasteiger partial charge in [0.15, 0.2) is 0 Å². The lowest BCUT2D eigenvalue weighted by Gasteiger charge is -2.10. The molecule has 0 saturated heterocycles. The van der Waals surface area contributed by atoms with Crippen LogP contribution in [0, 0.1) is 0 Å². The van der Waals surface area contributed by atoms with Crippen LogP contribution < -0.4 is 10.5 Å². The van der Waals surface area contributed by atoms with E-state index in [0.717, 1.165) is 37.8 Å². The minimum atomic E-state index is -3.39. The smallest absolute Gasteiger partial charge is 0.240 e. The molecule has 0 bridgehead atoms. The van der Waals surface area contributed by atoms with Gasteiger partial charge in [0.05, 0.1) is 4.90 Å². The van der Waals surface area contributed by atoms with Crippen LogP contribution in [0.3, 0.4) is 0 Å². The van der Waals surface area contributed by atoms with Crippen molar-refractivity contribution < 1.29 is 8.42 Å². The molecule has 0 atom stereocenters. The van der Waals surface area contributed by atoms with E-state index >= 15 is 0 Å². The summed E-state index contributed by atoms with van der Waals surface area (Å²) < 4.78 is 26.9. The van der Waals surface area contributed by atoms with Crippen LogP contribution in [-0.2, 0) is 16.4 Å². The first-order chi connectivity index (χ1) is 9.95. The highest BCUT2D eigenvalue weighted by Crippen LogP contribution is 2.11. The molecule has 21 heavy (non-hydrogen) atoms. The van der Waals surface area contributed by atoms with Crippen molar-refractivity contribution in [2.24, 2.45) is 5.73 Å². The Kier molecular flexibility index (Phi) is 7.88. The van der Waals surface area contributed by atoms with Crippen LogP contribution in [0.5, 0.6) is 0 Å². The Labute approximate surface area is 128 Å². The zero-order chi connectivity index (χ0) is 15.7. The molecule has 0 heterocycles. The molecule has 0 unspecified atom stereocenters. The number of aryl methyl sites for hydroxylation is 1. The third kappa shape index (κ3) is 7.04. The number of nitrogens with zero attached hydrogens (tertiary/aromatic N) is 1. The van der Waals surface area contributed by atoms with Gasteiger partial charge in [-0.3, -0.25) is 0 Å². The third-order valence-corrected chi connectivity index (χ3v) is 4.70. The normalized spacial score (nSPS) is 12.0. The van der Waals surface area contributed by atoms with Crippen LogP contribution in [0.1, 0.15) is 24.8 Å². The van der Waals surface area contributed by atoms with Gasteiger partial charge in [0.25, 0.3) is 0 Å². The van der Waals surface area contributed by atoms with Crippen molar-refractivity contribution in [3.63, 3.8) is 0 Å². The fourth-order valence-electron chi connectivity index (χ4n) is 1.98. The minimum absolute atomic E-state index is 0.326. The molecular weight excluding hydrogens is 286 g/mol. The van der Waals surface area contributed by atoms with Gasteiger partial charge in [-0.2, -0.15) is 0 Å². The molecule has 1 aromatic carbocycles. The molecule has 0 aliphatic heterocycles. The Morgan fingerprint density at radius 2 is 1.76 bits per heavy atom. The first kappa shape index (κ1) is 18.1. The summed E-state index contributed by atoms with van der Waals surface area (Å²) >= 11 is 0. The average molecular weight is 313 g/mol. The molecule has 0 aliphatic rings. The van der Waals surface area contributed by atoms with Crippen LogP contribution >= 0.6 is 0 Å². The zero-order valence-corrected chi connectivity index (χ0v) is 13.8. The van der Waals surface area contributed by atoms with E-state index in [1.54, 1.807) is 12.1 Å². The molecule has 0 spiro atoms. The van der Waals surface area contributed by atoms with E-state index in [4.69, 9.17) is 5.73 Å². The van der Waals surface area contributed by atoms with Gasteiger partial charge in [-0.1, -0.05) is 12.1 Å². The fourth-order valence-corrected chi connectivity index (χ4v) is 3.06. The van der Waals surface area contributed by atoms with Crippen LogP contribution in [0.25, 0.3) is 0 Å². The van der Waals surface area contributed by atoms with Crippen molar-refractivity contribution in [1.82, 2.24) is 9.62 Å². The lowest BCUT2D eigenvalue weighted by Crippen LogP contribution is -2.25. The maximum absolute atomic E-state index is 12.1. The standard InChI is InChI=1S/C15H27N3O2S/c1-18(2)13-4-3-12-17-21(19,20)15-9-7-14(8-10-15)6-5-11-16/h7-10,17H,3-6,11-13,16H2,1-2H3. The lowest BCUT2D eigenvalue weighted by molar-refractivity contribution is 0.394. The molecule has 3 N–H and O–H groups in total. The van der Waals surface area contributed by atoms with Crippen LogP contribution in [0.2, 0.25) is 0 Å². The molecule has 1 rings (SSSR count). The van der Waals surface area contributed by atoms with E-state index in [2.05, 4.69) is 9.62 Å². The predicted octanol–water partition coefficient (Wildman–Crippen LogP) is 1.20. The highest BCUT2D eigenvalue weighted by Gasteiger charge is 2.12. The second-order valence-corrected chi connectivity index (χ2v) is 7.21. The molecule has 6 heteroatoms. The van der Waals surface area contributed by atoms with E-state index in [0.29, 0.717) is 18.0 Å². The monoisotopic (exact) mass is 313 g/mol. The van der Waals surface area contributed by atoms with Crippen molar-refractivity contribution in [2.75, 3.05) is 33.7 Å².